The Morgan fingerprint density at radius 1 is 1.37 bits per heavy atom. The molecular formula is C15H25BrN2O. The largest absolute Gasteiger partial charge is 0.387 e. The van der Waals surface area contributed by atoms with E-state index in [1.807, 2.05) is 4.68 Å². The summed E-state index contributed by atoms with van der Waals surface area (Å²) in [7, 11) is 0. The van der Waals surface area contributed by atoms with Crippen LogP contribution in [0.5, 0.6) is 0 Å². The van der Waals surface area contributed by atoms with Crippen molar-refractivity contribution in [1.82, 2.24) is 9.78 Å². The Labute approximate surface area is 124 Å². The molecule has 0 saturated heterocycles. The number of hydrogen-bond acceptors (Lipinski definition) is 2. The number of aliphatic hydroxyl groups is 1. The van der Waals surface area contributed by atoms with Crippen LogP contribution in [0.2, 0.25) is 0 Å². The van der Waals surface area contributed by atoms with Crippen molar-refractivity contribution >= 4 is 15.9 Å². The Kier molecular flexibility index (Phi) is 5.46. The molecule has 3 nitrogen and oxygen atoms in total. The molecule has 1 N–H and O–H groups in total. The fourth-order valence-corrected chi connectivity index (χ4v) is 3.62. The van der Waals surface area contributed by atoms with Gasteiger partial charge in [0.1, 0.15) is 0 Å². The molecule has 1 saturated carbocycles. The van der Waals surface area contributed by atoms with Gasteiger partial charge in [-0.05, 0) is 48.5 Å². The predicted molar refractivity (Wildman–Crippen MR) is 81.1 cm³/mol. The van der Waals surface area contributed by atoms with Crippen LogP contribution in [0.4, 0.5) is 0 Å². The number of hydrogen-bond donors (Lipinski definition) is 1. The van der Waals surface area contributed by atoms with E-state index in [1.165, 1.54) is 32.1 Å². The molecule has 1 fully saturated rings. The molecule has 1 heterocycles. The van der Waals surface area contributed by atoms with Crippen LogP contribution < -0.4 is 0 Å². The number of rotatable bonds is 5. The maximum Gasteiger partial charge on any atom is 0.0968 e. The van der Waals surface area contributed by atoms with E-state index in [9.17, 15) is 5.11 Å². The van der Waals surface area contributed by atoms with Gasteiger partial charge in [-0.15, -0.1) is 0 Å². The van der Waals surface area contributed by atoms with E-state index in [2.05, 4.69) is 34.9 Å². The second-order valence-corrected chi connectivity index (χ2v) is 6.87. The lowest BCUT2D eigenvalue weighted by molar-refractivity contribution is 0.139. The van der Waals surface area contributed by atoms with Crippen LogP contribution in [0.25, 0.3) is 0 Å². The Balaban J connectivity index is 1.95. The minimum Gasteiger partial charge on any atom is -0.387 e. The zero-order valence-corrected chi connectivity index (χ0v) is 13.6. The van der Waals surface area contributed by atoms with Gasteiger partial charge in [0.2, 0.25) is 0 Å². The minimum absolute atomic E-state index is 0.283. The molecule has 0 spiro atoms. The summed E-state index contributed by atoms with van der Waals surface area (Å²) in [6.07, 6.45) is 10.2. The standard InChI is InChI=1S/C15H25BrN2O/c1-11(2)18-15(13(16)10-17-18)14(19)9-8-12-6-4-3-5-7-12/h10-12,14,19H,3-9H2,1-2H3. The minimum atomic E-state index is -0.402. The lowest BCUT2D eigenvalue weighted by atomic mass is 9.85. The topological polar surface area (TPSA) is 38.0 Å². The first-order valence-corrected chi connectivity index (χ1v) is 8.30. The summed E-state index contributed by atoms with van der Waals surface area (Å²) < 4.78 is 2.85. The lowest BCUT2D eigenvalue weighted by Gasteiger charge is -2.23. The molecule has 1 aliphatic rings. The molecule has 1 aromatic heterocycles. The number of nitrogens with zero attached hydrogens (tertiary/aromatic N) is 2. The van der Waals surface area contributed by atoms with Crippen LogP contribution in [-0.2, 0) is 0 Å². The molecule has 1 aromatic rings. The Morgan fingerprint density at radius 3 is 2.68 bits per heavy atom. The van der Waals surface area contributed by atoms with Crippen molar-refractivity contribution in [3.05, 3.63) is 16.4 Å². The van der Waals surface area contributed by atoms with Crippen molar-refractivity contribution in [1.29, 1.82) is 0 Å². The normalized spacial score (nSPS) is 19.0. The Bertz CT molecular complexity index is 397. The molecule has 2 rings (SSSR count). The summed E-state index contributed by atoms with van der Waals surface area (Å²) in [5.41, 5.74) is 0.936. The third kappa shape index (κ3) is 3.82. The first-order valence-electron chi connectivity index (χ1n) is 7.50. The molecule has 4 heteroatoms. The van der Waals surface area contributed by atoms with Crippen LogP contribution in [0, 0.1) is 5.92 Å². The van der Waals surface area contributed by atoms with Crippen molar-refractivity contribution in [3.8, 4) is 0 Å². The molecule has 0 bridgehead atoms. The number of aliphatic hydroxyl groups excluding tert-OH is 1. The van der Waals surface area contributed by atoms with Crippen LogP contribution in [0.1, 0.15) is 76.6 Å². The van der Waals surface area contributed by atoms with E-state index in [-0.39, 0.29) is 6.04 Å². The molecule has 1 unspecified atom stereocenters. The van der Waals surface area contributed by atoms with Crippen LogP contribution in [0.3, 0.4) is 0 Å². The smallest absolute Gasteiger partial charge is 0.0968 e. The lowest BCUT2D eigenvalue weighted by Crippen LogP contribution is -2.14. The molecule has 108 valence electrons. The fourth-order valence-electron chi connectivity index (χ4n) is 3.08. The summed E-state index contributed by atoms with van der Waals surface area (Å²) >= 11 is 3.51. The van der Waals surface area contributed by atoms with Gasteiger partial charge in [0.05, 0.1) is 22.5 Å². The van der Waals surface area contributed by atoms with Gasteiger partial charge in [-0.3, -0.25) is 4.68 Å². The van der Waals surface area contributed by atoms with Crippen molar-refractivity contribution in [2.24, 2.45) is 5.92 Å². The van der Waals surface area contributed by atoms with Gasteiger partial charge >= 0.3 is 0 Å². The first kappa shape index (κ1) is 15.0. The van der Waals surface area contributed by atoms with Gasteiger partial charge < -0.3 is 5.11 Å². The molecule has 19 heavy (non-hydrogen) atoms. The van der Waals surface area contributed by atoms with Crippen LogP contribution in [0.15, 0.2) is 10.7 Å². The van der Waals surface area contributed by atoms with Crippen LogP contribution >= 0.6 is 15.9 Å². The second-order valence-electron chi connectivity index (χ2n) is 6.01. The third-order valence-corrected chi connectivity index (χ3v) is 4.78. The predicted octanol–water partition coefficient (Wildman–Crippen LogP) is 4.62. The van der Waals surface area contributed by atoms with E-state index in [0.29, 0.717) is 0 Å². The maximum absolute atomic E-state index is 10.5. The summed E-state index contributed by atoms with van der Waals surface area (Å²) in [5, 5.41) is 14.8. The summed E-state index contributed by atoms with van der Waals surface area (Å²) in [5.74, 6) is 0.817. The van der Waals surface area contributed by atoms with E-state index < -0.39 is 6.10 Å². The highest BCUT2D eigenvalue weighted by Gasteiger charge is 2.21. The van der Waals surface area contributed by atoms with E-state index in [0.717, 1.165) is 28.9 Å². The van der Waals surface area contributed by atoms with E-state index in [4.69, 9.17) is 0 Å². The summed E-state index contributed by atoms with van der Waals surface area (Å²) in [4.78, 5) is 0. The van der Waals surface area contributed by atoms with E-state index >= 15 is 0 Å². The molecule has 0 amide bonds. The van der Waals surface area contributed by atoms with Crippen molar-refractivity contribution in [2.45, 2.75) is 70.9 Å². The fraction of sp³-hybridized carbons (Fsp3) is 0.800. The Hall–Kier alpha value is -0.350. The summed E-state index contributed by atoms with van der Waals surface area (Å²) in [6.45, 7) is 4.19. The van der Waals surface area contributed by atoms with Gasteiger partial charge in [0.25, 0.3) is 0 Å². The number of halogens is 1. The average molecular weight is 329 g/mol. The highest BCUT2D eigenvalue weighted by molar-refractivity contribution is 9.10. The van der Waals surface area contributed by atoms with Gasteiger partial charge in [-0.1, -0.05) is 32.1 Å². The number of aromatic nitrogens is 2. The zero-order valence-electron chi connectivity index (χ0n) is 12.0. The van der Waals surface area contributed by atoms with Gasteiger partial charge in [0, 0.05) is 6.04 Å². The molecule has 0 aliphatic heterocycles. The Morgan fingerprint density at radius 2 is 2.05 bits per heavy atom. The van der Waals surface area contributed by atoms with Crippen molar-refractivity contribution in [3.63, 3.8) is 0 Å². The van der Waals surface area contributed by atoms with Gasteiger partial charge in [-0.25, -0.2) is 0 Å². The molecule has 0 radical (unpaired) electrons. The highest BCUT2D eigenvalue weighted by atomic mass is 79.9. The zero-order chi connectivity index (χ0) is 13.8. The first-order chi connectivity index (χ1) is 9.09. The second kappa shape index (κ2) is 6.89. The highest BCUT2D eigenvalue weighted by Crippen LogP contribution is 2.33. The molecule has 1 atom stereocenters. The van der Waals surface area contributed by atoms with Crippen LogP contribution in [-0.4, -0.2) is 14.9 Å². The molecular weight excluding hydrogens is 304 g/mol. The SMILES string of the molecule is CC(C)n1ncc(Br)c1C(O)CCC1CCCCC1. The third-order valence-electron chi connectivity index (χ3n) is 4.16. The molecule has 1 aliphatic carbocycles. The average Bonchev–Trinajstić information content (AvgIpc) is 2.79. The summed E-state index contributed by atoms with van der Waals surface area (Å²) in [6, 6.07) is 0.283. The van der Waals surface area contributed by atoms with Gasteiger partial charge in [-0.2, -0.15) is 5.10 Å². The van der Waals surface area contributed by atoms with Crippen molar-refractivity contribution in [2.75, 3.05) is 0 Å². The van der Waals surface area contributed by atoms with E-state index in [1.54, 1.807) is 6.20 Å². The maximum atomic E-state index is 10.5. The molecule has 0 aromatic carbocycles. The monoisotopic (exact) mass is 328 g/mol. The van der Waals surface area contributed by atoms with Crippen molar-refractivity contribution < 1.29 is 5.11 Å². The van der Waals surface area contributed by atoms with Gasteiger partial charge in [0.15, 0.2) is 0 Å². The quantitative estimate of drug-likeness (QED) is 0.856.